The Bertz CT molecular complexity index is 373. The fraction of sp³-hybridized carbons (Fsp3) is 0.562. The van der Waals surface area contributed by atoms with E-state index in [9.17, 15) is 4.79 Å². The van der Waals surface area contributed by atoms with Gasteiger partial charge in [-0.05, 0) is 30.9 Å². The SMILES string of the molecule is CCCCC(CCc1ccccc1Cl)C(=O)CC. The number of benzene rings is 1. The van der Waals surface area contributed by atoms with Crippen LogP contribution in [0.1, 0.15) is 51.5 Å². The van der Waals surface area contributed by atoms with Gasteiger partial charge in [-0.1, -0.05) is 56.5 Å². The zero-order valence-corrected chi connectivity index (χ0v) is 12.2. The number of carbonyl (C=O) groups is 1. The van der Waals surface area contributed by atoms with Crippen LogP contribution in [0.15, 0.2) is 24.3 Å². The molecule has 0 bridgehead atoms. The van der Waals surface area contributed by atoms with Crippen LogP contribution >= 0.6 is 11.6 Å². The molecule has 18 heavy (non-hydrogen) atoms. The molecule has 100 valence electrons. The first-order valence-corrected chi connectivity index (χ1v) is 7.32. The van der Waals surface area contributed by atoms with Gasteiger partial charge in [0.15, 0.2) is 0 Å². The molecular weight excluding hydrogens is 244 g/mol. The van der Waals surface area contributed by atoms with Crippen molar-refractivity contribution in [2.75, 3.05) is 0 Å². The van der Waals surface area contributed by atoms with Crippen molar-refractivity contribution >= 4 is 17.4 Å². The lowest BCUT2D eigenvalue weighted by Gasteiger charge is -2.15. The lowest BCUT2D eigenvalue weighted by Crippen LogP contribution is -2.14. The third-order valence-corrected chi connectivity index (χ3v) is 3.80. The monoisotopic (exact) mass is 266 g/mol. The number of Topliss-reactive ketones (excluding diaryl/α,β-unsaturated/α-hetero) is 1. The predicted octanol–water partition coefficient (Wildman–Crippen LogP) is 5.06. The maximum Gasteiger partial charge on any atom is 0.135 e. The third kappa shape index (κ3) is 4.81. The van der Waals surface area contributed by atoms with E-state index in [0.717, 1.165) is 42.7 Å². The molecule has 0 N–H and O–H groups in total. The van der Waals surface area contributed by atoms with Gasteiger partial charge < -0.3 is 0 Å². The Balaban J connectivity index is 2.56. The summed E-state index contributed by atoms with van der Waals surface area (Å²) >= 11 is 6.14. The second kappa shape index (κ2) is 8.31. The minimum Gasteiger partial charge on any atom is -0.299 e. The van der Waals surface area contributed by atoms with Crippen LogP contribution < -0.4 is 0 Å². The molecule has 1 aromatic rings. The Morgan fingerprint density at radius 1 is 1.22 bits per heavy atom. The number of aryl methyl sites for hydroxylation is 1. The first-order chi connectivity index (χ1) is 8.69. The molecule has 2 heteroatoms. The van der Waals surface area contributed by atoms with Crippen molar-refractivity contribution in [3.05, 3.63) is 34.9 Å². The van der Waals surface area contributed by atoms with Crippen molar-refractivity contribution in [2.24, 2.45) is 5.92 Å². The quantitative estimate of drug-likeness (QED) is 0.643. The van der Waals surface area contributed by atoms with Gasteiger partial charge >= 0.3 is 0 Å². The largest absolute Gasteiger partial charge is 0.299 e. The summed E-state index contributed by atoms with van der Waals surface area (Å²) < 4.78 is 0. The van der Waals surface area contributed by atoms with E-state index in [1.807, 2.05) is 25.1 Å². The average Bonchev–Trinajstić information content (AvgIpc) is 2.40. The van der Waals surface area contributed by atoms with E-state index in [2.05, 4.69) is 13.0 Å². The van der Waals surface area contributed by atoms with Gasteiger partial charge in [-0.25, -0.2) is 0 Å². The maximum atomic E-state index is 11.9. The van der Waals surface area contributed by atoms with Crippen LogP contribution in [0.2, 0.25) is 5.02 Å². The summed E-state index contributed by atoms with van der Waals surface area (Å²) in [5.41, 5.74) is 1.16. The number of ketones is 1. The Kier molecular flexibility index (Phi) is 7.04. The molecule has 0 aliphatic carbocycles. The van der Waals surface area contributed by atoms with E-state index in [4.69, 9.17) is 11.6 Å². The van der Waals surface area contributed by atoms with E-state index in [0.29, 0.717) is 12.2 Å². The van der Waals surface area contributed by atoms with Gasteiger partial charge in [-0.15, -0.1) is 0 Å². The topological polar surface area (TPSA) is 17.1 Å². The molecule has 1 nitrogen and oxygen atoms in total. The number of hydrogen-bond acceptors (Lipinski definition) is 1. The van der Waals surface area contributed by atoms with Gasteiger partial charge in [0.25, 0.3) is 0 Å². The highest BCUT2D eigenvalue weighted by atomic mass is 35.5. The van der Waals surface area contributed by atoms with Crippen LogP contribution in [-0.4, -0.2) is 5.78 Å². The smallest absolute Gasteiger partial charge is 0.135 e. The number of hydrogen-bond donors (Lipinski definition) is 0. The van der Waals surface area contributed by atoms with E-state index < -0.39 is 0 Å². The molecule has 0 heterocycles. The van der Waals surface area contributed by atoms with Gasteiger partial charge in [0, 0.05) is 17.4 Å². The van der Waals surface area contributed by atoms with Crippen molar-refractivity contribution in [2.45, 2.75) is 52.4 Å². The van der Waals surface area contributed by atoms with E-state index >= 15 is 0 Å². The standard InChI is InChI=1S/C16H23ClO/c1-3-5-8-14(16(18)4-2)12-11-13-9-6-7-10-15(13)17/h6-7,9-10,14H,3-5,8,11-12H2,1-2H3. The van der Waals surface area contributed by atoms with Crippen molar-refractivity contribution in [3.63, 3.8) is 0 Å². The van der Waals surface area contributed by atoms with Crippen LogP contribution in [0.3, 0.4) is 0 Å². The molecule has 1 atom stereocenters. The molecule has 0 aliphatic rings. The van der Waals surface area contributed by atoms with Gasteiger partial charge in [0.2, 0.25) is 0 Å². The molecule has 0 spiro atoms. The average molecular weight is 267 g/mol. The van der Waals surface area contributed by atoms with E-state index in [1.165, 1.54) is 0 Å². The number of unbranched alkanes of at least 4 members (excludes halogenated alkanes) is 1. The Morgan fingerprint density at radius 2 is 1.94 bits per heavy atom. The third-order valence-electron chi connectivity index (χ3n) is 3.43. The fourth-order valence-corrected chi connectivity index (χ4v) is 2.47. The summed E-state index contributed by atoms with van der Waals surface area (Å²) in [5, 5.41) is 0.815. The minimum absolute atomic E-state index is 0.214. The molecule has 1 unspecified atom stereocenters. The zero-order valence-electron chi connectivity index (χ0n) is 11.4. The zero-order chi connectivity index (χ0) is 13.4. The minimum atomic E-state index is 0.214. The molecule has 0 saturated heterocycles. The van der Waals surface area contributed by atoms with Crippen LogP contribution in [0, 0.1) is 5.92 Å². The molecule has 0 aliphatic heterocycles. The highest BCUT2D eigenvalue weighted by Gasteiger charge is 2.16. The highest BCUT2D eigenvalue weighted by molar-refractivity contribution is 6.31. The van der Waals surface area contributed by atoms with Crippen LogP contribution in [0.4, 0.5) is 0 Å². The Hall–Kier alpha value is -0.820. The van der Waals surface area contributed by atoms with Gasteiger partial charge in [0.05, 0.1) is 0 Å². The van der Waals surface area contributed by atoms with Crippen molar-refractivity contribution < 1.29 is 4.79 Å². The van der Waals surface area contributed by atoms with E-state index in [-0.39, 0.29) is 5.92 Å². The second-order valence-corrected chi connectivity index (χ2v) is 5.20. The Morgan fingerprint density at radius 3 is 2.56 bits per heavy atom. The van der Waals surface area contributed by atoms with E-state index in [1.54, 1.807) is 0 Å². The summed E-state index contributed by atoms with van der Waals surface area (Å²) in [6.45, 7) is 4.12. The number of rotatable bonds is 8. The molecular formula is C16H23ClO. The fourth-order valence-electron chi connectivity index (χ4n) is 2.24. The maximum absolute atomic E-state index is 11.9. The molecule has 1 rings (SSSR count). The van der Waals surface area contributed by atoms with Gasteiger partial charge in [0.1, 0.15) is 5.78 Å². The summed E-state index contributed by atoms with van der Waals surface area (Å²) in [6, 6.07) is 7.91. The molecule has 0 amide bonds. The normalized spacial score (nSPS) is 12.4. The summed E-state index contributed by atoms with van der Waals surface area (Å²) in [7, 11) is 0. The van der Waals surface area contributed by atoms with Crippen LogP contribution in [0.25, 0.3) is 0 Å². The summed E-state index contributed by atoms with van der Waals surface area (Å²) in [4.78, 5) is 11.9. The first kappa shape index (κ1) is 15.2. The molecule has 0 saturated carbocycles. The lowest BCUT2D eigenvalue weighted by molar-refractivity contribution is -0.123. The van der Waals surface area contributed by atoms with Crippen LogP contribution in [-0.2, 0) is 11.2 Å². The van der Waals surface area contributed by atoms with Crippen molar-refractivity contribution in [1.82, 2.24) is 0 Å². The van der Waals surface area contributed by atoms with Crippen LogP contribution in [0.5, 0.6) is 0 Å². The van der Waals surface area contributed by atoms with Crippen molar-refractivity contribution in [1.29, 1.82) is 0 Å². The predicted molar refractivity (Wildman–Crippen MR) is 78.1 cm³/mol. The lowest BCUT2D eigenvalue weighted by atomic mass is 9.90. The Labute approximate surface area is 116 Å². The second-order valence-electron chi connectivity index (χ2n) is 4.79. The molecule has 0 radical (unpaired) electrons. The first-order valence-electron chi connectivity index (χ1n) is 6.95. The van der Waals surface area contributed by atoms with Gasteiger partial charge in [-0.2, -0.15) is 0 Å². The molecule has 1 aromatic carbocycles. The highest BCUT2D eigenvalue weighted by Crippen LogP contribution is 2.22. The molecule has 0 fully saturated rings. The number of halogens is 1. The van der Waals surface area contributed by atoms with Gasteiger partial charge in [-0.3, -0.25) is 4.79 Å². The summed E-state index contributed by atoms with van der Waals surface area (Å²) in [6.07, 6.45) is 5.79. The summed E-state index contributed by atoms with van der Waals surface area (Å²) in [5.74, 6) is 0.613. The molecule has 0 aromatic heterocycles. The number of carbonyl (C=O) groups excluding carboxylic acids is 1. The van der Waals surface area contributed by atoms with Crippen molar-refractivity contribution in [3.8, 4) is 0 Å².